The fourth-order valence-corrected chi connectivity index (χ4v) is 4.62. The van der Waals surface area contributed by atoms with E-state index in [2.05, 4.69) is 41.9 Å². The number of benzene rings is 1. The second-order valence-corrected chi connectivity index (χ2v) is 6.54. The maximum atomic E-state index is 5.63. The molecule has 0 saturated heterocycles. The summed E-state index contributed by atoms with van der Waals surface area (Å²) in [6.45, 7) is 5.85. The molecule has 0 amide bonds. The number of alkyl halides is 1. The molecule has 0 radical (unpaired) electrons. The molecule has 4 heteroatoms. The molecular weight excluding hydrogens is 324 g/mol. The lowest BCUT2D eigenvalue weighted by Gasteiger charge is -2.29. The van der Waals surface area contributed by atoms with Crippen molar-refractivity contribution in [2.24, 2.45) is 5.41 Å². The van der Waals surface area contributed by atoms with Gasteiger partial charge in [0.25, 0.3) is 0 Å². The van der Waals surface area contributed by atoms with E-state index in [9.17, 15) is 0 Å². The van der Waals surface area contributed by atoms with E-state index >= 15 is 0 Å². The summed E-state index contributed by atoms with van der Waals surface area (Å²) in [6.07, 6.45) is 2.40. The Kier molecular flexibility index (Phi) is 5.46. The maximum Gasteiger partial charge on any atom is 0.162 e. The zero-order valence-corrected chi connectivity index (χ0v) is 14.0. The van der Waals surface area contributed by atoms with Crippen LogP contribution in [0.1, 0.15) is 26.7 Å². The molecule has 1 aromatic rings. The SMILES string of the molecule is CCC(CC)(CBr)CSc1ccc2c(c1)OCCO2. The average Bonchev–Trinajstić information content (AvgIpc) is 2.49. The average molecular weight is 345 g/mol. The van der Waals surface area contributed by atoms with Gasteiger partial charge in [-0.05, 0) is 36.5 Å². The fourth-order valence-electron chi connectivity index (χ4n) is 2.03. The van der Waals surface area contributed by atoms with Crippen LogP contribution in [0.3, 0.4) is 0 Å². The molecule has 0 atom stereocenters. The first-order valence-corrected chi connectivity index (χ1v) is 8.92. The number of hydrogen-bond acceptors (Lipinski definition) is 3. The Balaban J connectivity index is 2.03. The van der Waals surface area contributed by atoms with Gasteiger partial charge in [0.15, 0.2) is 11.5 Å². The molecule has 0 fully saturated rings. The number of hydrogen-bond donors (Lipinski definition) is 0. The Hall–Kier alpha value is -0.350. The molecule has 1 aliphatic rings. The predicted molar refractivity (Wildman–Crippen MR) is 85.0 cm³/mol. The van der Waals surface area contributed by atoms with Crippen LogP contribution >= 0.6 is 27.7 Å². The van der Waals surface area contributed by atoms with E-state index in [1.165, 1.54) is 17.7 Å². The van der Waals surface area contributed by atoms with Crippen molar-refractivity contribution >= 4 is 27.7 Å². The molecular formula is C15H21BrO2S. The smallest absolute Gasteiger partial charge is 0.162 e. The number of fused-ring (bicyclic) bond motifs is 1. The van der Waals surface area contributed by atoms with E-state index in [0.29, 0.717) is 18.6 Å². The summed E-state index contributed by atoms with van der Waals surface area (Å²) in [5.41, 5.74) is 0.387. The summed E-state index contributed by atoms with van der Waals surface area (Å²) in [7, 11) is 0. The van der Waals surface area contributed by atoms with Gasteiger partial charge < -0.3 is 9.47 Å². The minimum Gasteiger partial charge on any atom is -0.486 e. The Bertz CT molecular complexity index is 410. The zero-order valence-electron chi connectivity index (χ0n) is 11.6. The predicted octanol–water partition coefficient (Wildman–Crippen LogP) is 4.75. The molecule has 0 bridgehead atoms. The van der Waals surface area contributed by atoms with Crippen LogP contribution in [-0.2, 0) is 0 Å². The molecule has 1 heterocycles. The van der Waals surface area contributed by atoms with E-state index in [-0.39, 0.29) is 0 Å². The lowest BCUT2D eigenvalue weighted by molar-refractivity contribution is 0.171. The van der Waals surface area contributed by atoms with Crippen LogP contribution in [0.2, 0.25) is 0 Å². The van der Waals surface area contributed by atoms with Crippen LogP contribution in [0.5, 0.6) is 11.5 Å². The third-order valence-corrected chi connectivity index (χ3v) is 6.38. The first-order valence-electron chi connectivity index (χ1n) is 6.81. The number of halogens is 1. The van der Waals surface area contributed by atoms with Gasteiger partial charge >= 0.3 is 0 Å². The zero-order chi connectivity index (χ0) is 13.7. The highest BCUT2D eigenvalue weighted by Crippen LogP contribution is 2.39. The molecule has 0 saturated carbocycles. The van der Waals surface area contributed by atoms with Crippen molar-refractivity contribution in [2.75, 3.05) is 24.3 Å². The lowest BCUT2D eigenvalue weighted by atomic mass is 9.87. The summed E-state index contributed by atoms with van der Waals surface area (Å²) >= 11 is 5.58. The van der Waals surface area contributed by atoms with Crippen LogP contribution in [-0.4, -0.2) is 24.3 Å². The van der Waals surface area contributed by atoms with Gasteiger partial charge in [0.2, 0.25) is 0 Å². The first kappa shape index (κ1) is 15.0. The van der Waals surface area contributed by atoms with E-state index in [1.807, 2.05) is 17.8 Å². The second kappa shape index (κ2) is 6.89. The lowest BCUT2D eigenvalue weighted by Crippen LogP contribution is -2.23. The van der Waals surface area contributed by atoms with Gasteiger partial charge in [0.1, 0.15) is 13.2 Å². The summed E-state index contributed by atoms with van der Waals surface area (Å²) in [6, 6.07) is 6.25. The fraction of sp³-hybridized carbons (Fsp3) is 0.600. The summed E-state index contributed by atoms with van der Waals surface area (Å²) < 4.78 is 11.2. The second-order valence-electron chi connectivity index (χ2n) is 4.93. The number of thioether (sulfide) groups is 1. The number of ether oxygens (including phenoxy) is 2. The summed E-state index contributed by atoms with van der Waals surface area (Å²) in [5.74, 6) is 2.88. The number of rotatable bonds is 6. The highest BCUT2D eigenvalue weighted by molar-refractivity contribution is 9.09. The van der Waals surface area contributed by atoms with Crippen molar-refractivity contribution in [3.8, 4) is 11.5 Å². The van der Waals surface area contributed by atoms with Gasteiger partial charge in [0.05, 0.1) is 0 Å². The Morgan fingerprint density at radius 3 is 2.47 bits per heavy atom. The maximum absolute atomic E-state index is 5.63. The van der Waals surface area contributed by atoms with Crippen molar-refractivity contribution in [1.29, 1.82) is 0 Å². The van der Waals surface area contributed by atoms with E-state index in [1.54, 1.807) is 0 Å². The van der Waals surface area contributed by atoms with Gasteiger partial charge in [0, 0.05) is 16.0 Å². The molecule has 2 nitrogen and oxygen atoms in total. The highest BCUT2D eigenvalue weighted by Gasteiger charge is 2.25. The third kappa shape index (κ3) is 3.60. The van der Waals surface area contributed by atoms with Gasteiger partial charge in [-0.3, -0.25) is 0 Å². The van der Waals surface area contributed by atoms with Gasteiger partial charge in [-0.2, -0.15) is 0 Å². The first-order chi connectivity index (χ1) is 9.23. The minimum atomic E-state index is 0.387. The van der Waals surface area contributed by atoms with Crippen LogP contribution in [0.4, 0.5) is 0 Å². The van der Waals surface area contributed by atoms with Gasteiger partial charge in [-0.1, -0.05) is 29.8 Å². The van der Waals surface area contributed by atoms with Crippen LogP contribution in [0, 0.1) is 5.41 Å². The Labute approximate surface area is 128 Å². The molecule has 1 aromatic carbocycles. The van der Waals surface area contributed by atoms with Crippen LogP contribution in [0.25, 0.3) is 0 Å². The highest BCUT2D eigenvalue weighted by atomic mass is 79.9. The van der Waals surface area contributed by atoms with Gasteiger partial charge in [-0.15, -0.1) is 11.8 Å². The molecule has 0 spiro atoms. The van der Waals surface area contributed by atoms with Crippen molar-refractivity contribution in [2.45, 2.75) is 31.6 Å². The van der Waals surface area contributed by atoms with Crippen molar-refractivity contribution < 1.29 is 9.47 Å². The Morgan fingerprint density at radius 1 is 1.16 bits per heavy atom. The van der Waals surface area contributed by atoms with Gasteiger partial charge in [-0.25, -0.2) is 0 Å². The molecule has 106 valence electrons. The van der Waals surface area contributed by atoms with E-state index in [0.717, 1.165) is 22.6 Å². The normalized spacial score (nSPS) is 14.5. The van der Waals surface area contributed by atoms with Crippen LogP contribution < -0.4 is 9.47 Å². The topological polar surface area (TPSA) is 18.5 Å². The third-order valence-electron chi connectivity index (χ3n) is 3.84. The summed E-state index contributed by atoms with van der Waals surface area (Å²) in [4.78, 5) is 1.26. The van der Waals surface area contributed by atoms with Crippen molar-refractivity contribution in [3.05, 3.63) is 18.2 Å². The van der Waals surface area contributed by atoms with Crippen LogP contribution in [0.15, 0.2) is 23.1 Å². The van der Waals surface area contributed by atoms with E-state index < -0.39 is 0 Å². The largest absolute Gasteiger partial charge is 0.486 e. The monoisotopic (exact) mass is 344 g/mol. The molecule has 0 N–H and O–H groups in total. The molecule has 1 aliphatic heterocycles. The standard InChI is InChI=1S/C15H21BrO2S/c1-3-15(4-2,10-16)11-19-12-5-6-13-14(9-12)18-8-7-17-13/h5-6,9H,3-4,7-8,10-11H2,1-2H3. The summed E-state index contributed by atoms with van der Waals surface area (Å²) in [5, 5.41) is 1.06. The van der Waals surface area contributed by atoms with Crippen molar-refractivity contribution in [3.63, 3.8) is 0 Å². The quantitative estimate of drug-likeness (QED) is 0.547. The molecule has 2 rings (SSSR count). The molecule has 0 unspecified atom stereocenters. The molecule has 19 heavy (non-hydrogen) atoms. The molecule has 0 aliphatic carbocycles. The van der Waals surface area contributed by atoms with Crippen molar-refractivity contribution in [1.82, 2.24) is 0 Å². The van der Waals surface area contributed by atoms with E-state index in [4.69, 9.17) is 9.47 Å². The Morgan fingerprint density at radius 2 is 1.84 bits per heavy atom. The minimum absolute atomic E-state index is 0.387. The molecule has 0 aromatic heterocycles.